The molecule has 0 bridgehead atoms. The third kappa shape index (κ3) is 3.48. The summed E-state index contributed by atoms with van der Waals surface area (Å²) in [6, 6.07) is 0. The average Bonchev–Trinajstić information content (AvgIpc) is 3.04. The molecule has 0 aliphatic heterocycles. The molecule has 0 aromatic carbocycles. The first-order valence-corrected chi connectivity index (χ1v) is 12.4. The Kier molecular flexibility index (Phi) is 6.22. The van der Waals surface area contributed by atoms with Gasteiger partial charge >= 0.3 is 0 Å². The summed E-state index contributed by atoms with van der Waals surface area (Å²) in [4.78, 5) is 10.2. The van der Waals surface area contributed by atoms with Crippen molar-refractivity contribution in [1.29, 1.82) is 0 Å². The molecule has 0 aromatic heterocycles. The lowest BCUT2D eigenvalue weighted by molar-refractivity contribution is -0.114. The normalized spacial score (nSPS) is 46.3. The molecule has 0 saturated heterocycles. The van der Waals surface area contributed by atoms with Gasteiger partial charge in [-0.3, -0.25) is 0 Å². The van der Waals surface area contributed by atoms with Crippen LogP contribution in [-0.4, -0.2) is 13.3 Å². The Hall–Kier alpha value is -0.440. The Balaban J connectivity index is 1.41. The fourth-order valence-corrected chi connectivity index (χ4v) is 9.08. The molecule has 0 N–H and O–H groups in total. The third-order valence-electron chi connectivity index (χ3n) is 10.4. The van der Waals surface area contributed by atoms with E-state index in [1.54, 1.807) is 0 Å². The second-order valence-corrected chi connectivity index (χ2v) is 11.4. The van der Waals surface area contributed by atoms with Crippen molar-refractivity contribution in [3.8, 4) is 0 Å². The highest BCUT2D eigenvalue weighted by molar-refractivity contribution is 5.09. The van der Waals surface area contributed by atoms with Crippen LogP contribution in [0.15, 0.2) is 5.18 Å². The maximum absolute atomic E-state index is 10.2. The predicted octanol–water partition coefficient (Wildman–Crippen LogP) is 7.19. The van der Waals surface area contributed by atoms with Gasteiger partial charge in [0, 0.05) is 6.61 Å². The van der Waals surface area contributed by atoms with E-state index in [1.165, 1.54) is 70.6 Å². The second kappa shape index (κ2) is 8.36. The minimum absolute atomic E-state index is 0.0143. The van der Waals surface area contributed by atoms with E-state index in [4.69, 9.17) is 4.74 Å². The lowest BCUT2D eigenvalue weighted by atomic mass is 9.44. The Morgan fingerprint density at radius 1 is 0.964 bits per heavy atom. The van der Waals surface area contributed by atoms with Gasteiger partial charge in [-0.1, -0.05) is 33.6 Å². The second-order valence-electron chi connectivity index (χ2n) is 11.4. The summed E-state index contributed by atoms with van der Waals surface area (Å²) in [5, 5.41) is 2.80. The minimum Gasteiger partial charge on any atom is -0.356 e. The van der Waals surface area contributed by atoms with E-state index >= 15 is 0 Å². The smallest absolute Gasteiger partial charge is 0.179 e. The summed E-state index contributed by atoms with van der Waals surface area (Å²) in [5.74, 6) is 5.71. The molecule has 4 aliphatic rings. The monoisotopic (exact) mass is 389 g/mol. The molecule has 8 atom stereocenters. The van der Waals surface area contributed by atoms with Crippen LogP contribution in [-0.2, 0) is 4.74 Å². The van der Waals surface area contributed by atoms with Crippen LogP contribution in [0.3, 0.4) is 0 Å². The highest BCUT2D eigenvalue weighted by atomic mass is 16.5. The highest BCUT2D eigenvalue weighted by Crippen LogP contribution is 2.68. The zero-order valence-electron chi connectivity index (χ0n) is 18.6. The third-order valence-corrected chi connectivity index (χ3v) is 10.4. The number of nitrogens with zero attached hydrogens (tertiary/aromatic N) is 1. The average molecular weight is 390 g/mol. The molecule has 0 heterocycles. The van der Waals surface area contributed by atoms with Crippen LogP contribution in [0.4, 0.5) is 0 Å². The lowest BCUT2D eigenvalue weighted by Crippen LogP contribution is -2.53. The van der Waals surface area contributed by atoms with Crippen LogP contribution in [0.5, 0.6) is 0 Å². The number of fused-ring (bicyclic) bond motifs is 5. The quantitative estimate of drug-likeness (QED) is 0.341. The van der Waals surface area contributed by atoms with Gasteiger partial charge in [0.25, 0.3) is 0 Å². The lowest BCUT2D eigenvalue weighted by Gasteiger charge is -2.61. The van der Waals surface area contributed by atoms with Crippen molar-refractivity contribution in [2.45, 2.75) is 97.8 Å². The predicted molar refractivity (Wildman–Crippen MR) is 115 cm³/mol. The Morgan fingerprint density at radius 3 is 2.61 bits per heavy atom. The zero-order chi connectivity index (χ0) is 19.8. The first-order valence-electron chi connectivity index (χ1n) is 12.4. The van der Waals surface area contributed by atoms with E-state index in [9.17, 15) is 4.91 Å². The van der Waals surface area contributed by atoms with Gasteiger partial charge in [-0.15, -0.1) is 4.91 Å². The number of nitroso groups, excluding NO2 is 1. The van der Waals surface area contributed by atoms with Crippen LogP contribution in [0.1, 0.15) is 97.8 Å². The maximum atomic E-state index is 10.2. The Labute approximate surface area is 172 Å². The van der Waals surface area contributed by atoms with E-state index in [1.807, 2.05) is 0 Å². The van der Waals surface area contributed by atoms with E-state index in [-0.39, 0.29) is 6.73 Å². The number of ether oxygens (including phenoxy) is 1. The summed E-state index contributed by atoms with van der Waals surface area (Å²) < 4.78 is 5.28. The van der Waals surface area contributed by atoms with Crippen molar-refractivity contribution >= 4 is 0 Å². The van der Waals surface area contributed by atoms with Gasteiger partial charge in [0.05, 0.1) is 0 Å². The molecule has 4 aliphatic carbocycles. The summed E-state index contributed by atoms with van der Waals surface area (Å²) in [6.45, 7) is 8.55. The van der Waals surface area contributed by atoms with Gasteiger partial charge in [-0.2, -0.15) is 0 Å². The Morgan fingerprint density at radius 2 is 1.79 bits per heavy atom. The van der Waals surface area contributed by atoms with Crippen LogP contribution in [0.2, 0.25) is 0 Å². The molecule has 28 heavy (non-hydrogen) atoms. The summed E-state index contributed by atoms with van der Waals surface area (Å²) in [7, 11) is 0. The van der Waals surface area contributed by atoms with E-state index < -0.39 is 0 Å². The summed E-state index contributed by atoms with van der Waals surface area (Å²) >= 11 is 0. The molecule has 4 saturated carbocycles. The highest BCUT2D eigenvalue weighted by Gasteiger charge is 2.59. The number of hydrogen-bond donors (Lipinski definition) is 0. The van der Waals surface area contributed by atoms with E-state index in [0.717, 1.165) is 41.9 Å². The molecule has 3 heteroatoms. The topological polar surface area (TPSA) is 38.7 Å². The summed E-state index contributed by atoms with van der Waals surface area (Å²) in [6.07, 6.45) is 17.3. The fourth-order valence-electron chi connectivity index (χ4n) is 9.08. The maximum Gasteiger partial charge on any atom is 0.179 e. The fraction of sp³-hybridized carbons (Fsp3) is 1.00. The summed E-state index contributed by atoms with van der Waals surface area (Å²) in [5.41, 5.74) is 1.24. The van der Waals surface area contributed by atoms with Crippen LogP contribution >= 0.6 is 0 Å². The molecule has 160 valence electrons. The van der Waals surface area contributed by atoms with Crippen molar-refractivity contribution in [3.63, 3.8) is 0 Å². The van der Waals surface area contributed by atoms with Crippen molar-refractivity contribution in [2.75, 3.05) is 13.3 Å². The largest absolute Gasteiger partial charge is 0.356 e. The molecule has 0 aromatic rings. The number of rotatable bonds is 7. The van der Waals surface area contributed by atoms with E-state index in [0.29, 0.717) is 17.4 Å². The van der Waals surface area contributed by atoms with Crippen molar-refractivity contribution in [3.05, 3.63) is 4.91 Å². The molecular weight excluding hydrogens is 346 g/mol. The molecule has 0 radical (unpaired) electrons. The molecule has 4 fully saturated rings. The first kappa shape index (κ1) is 20.8. The first-order chi connectivity index (χ1) is 13.5. The van der Waals surface area contributed by atoms with Gasteiger partial charge in [0.1, 0.15) is 0 Å². The van der Waals surface area contributed by atoms with Crippen LogP contribution in [0, 0.1) is 51.2 Å². The van der Waals surface area contributed by atoms with Gasteiger partial charge in [0.15, 0.2) is 6.73 Å². The molecule has 0 amide bonds. The SMILES string of the molecule is C[C@H](CCCOCN=O)C1CCC2C3CCC4CCCCC4(C)[C@H]3CCC21C. The van der Waals surface area contributed by atoms with Gasteiger partial charge < -0.3 is 4.74 Å². The van der Waals surface area contributed by atoms with Crippen molar-refractivity contribution in [2.24, 2.45) is 51.5 Å². The molecule has 0 spiro atoms. The molecule has 3 nitrogen and oxygen atoms in total. The van der Waals surface area contributed by atoms with Crippen LogP contribution < -0.4 is 0 Å². The Bertz CT molecular complexity index is 551. The zero-order valence-corrected chi connectivity index (χ0v) is 18.6. The molecule has 6 unspecified atom stereocenters. The molecular formula is C25H43NO2. The van der Waals surface area contributed by atoms with Crippen LogP contribution in [0.25, 0.3) is 0 Å². The van der Waals surface area contributed by atoms with E-state index in [2.05, 4.69) is 25.9 Å². The van der Waals surface area contributed by atoms with Crippen molar-refractivity contribution < 1.29 is 4.74 Å². The van der Waals surface area contributed by atoms with Gasteiger partial charge in [0.2, 0.25) is 0 Å². The number of hydrogen-bond acceptors (Lipinski definition) is 3. The van der Waals surface area contributed by atoms with Gasteiger partial charge in [-0.05, 0) is 116 Å². The standard InChI is InChI=1S/C25H43NO2/c1-18(7-6-16-28-17-26-27)21-11-12-22-20-10-9-19-8-4-5-14-24(19,2)23(20)13-15-25(21,22)3/h18-23H,4-17H2,1-3H3/t18-,19?,20?,21?,22?,23+,24?,25?/m1/s1. The van der Waals surface area contributed by atoms with Crippen molar-refractivity contribution in [1.82, 2.24) is 0 Å². The molecule has 4 rings (SSSR count). The van der Waals surface area contributed by atoms with Gasteiger partial charge in [-0.25, -0.2) is 0 Å². The minimum atomic E-state index is 0.0143.